The zero-order chi connectivity index (χ0) is 15.2. The van der Waals surface area contributed by atoms with Crippen LogP contribution in [0.4, 0.5) is 0 Å². The Hall–Kier alpha value is -1.06. The Morgan fingerprint density at radius 2 is 1.95 bits per heavy atom. The highest BCUT2D eigenvalue weighted by molar-refractivity contribution is 5.38. The van der Waals surface area contributed by atoms with E-state index in [0.29, 0.717) is 0 Å². The molecule has 114 valence electrons. The summed E-state index contributed by atoms with van der Waals surface area (Å²) in [7, 11) is 3.48. The van der Waals surface area contributed by atoms with E-state index in [0.717, 1.165) is 25.3 Å². The van der Waals surface area contributed by atoms with Gasteiger partial charge in [0.2, 0.25) is 0 Å². The van der Waals surface area contributed by atoms with Crippen LogP contribution in [0.1, 0.15) is 44.4 Å². The summed E-state index contributed by atoms with van der Waals surface area (Å²) in [5, 5.41) is 3.61. The van der Waals surface area contributed by atoms with Gasteiger partial charge in [0.25, 0.3) is 0 Å². The summed E-state index contributed by atoms with van der Waals surface area (Å²) < 4.78 is 10.6. The lowest BCUT2D eigenvalue weighted by atomic mass is 9.89. The molecule has 0 spiro atoms. The fourth-order valence-corrected chi connectivity index (χ4v) is 2.20. The predicted octanol–water partition coefficient (Wildman–Crippen LogP) is 3.72. The minimum Gasteiger partial charge on any atom is -0.496 e. The van der Waals surface area contributed by atoms with Gasteiger partial charge in [0.1, 0.15) is 5.75 Å². The molecule has 0 fully saturated rings. The van der Waals surface area contributed by atoms with Gasteiger partial charge in [-0.1, -0.05) is 31.5 Å². The summed E-state index contributed by atoms with van der Waals surface area (Å²) in [6.07, 6.45) is 1.05. The predicted molar refractivity (Wildman–Crippen MR) is 84.4 cm³/mol. The van der Waals surface area contributed by atoms with E-state index in [9.17, 15) is 0 Å². The molecule has 1 unspecified atom stereocenters. The van der Waals surface area contributed by atoms with Crippen LogP contribution in [0.2, 0.25) is 0 Å². The smallest absolute Gasteiger partial charge is 0.123 e. The zero-order valence-corrected chi connectivity index (χ0v) is 13.7. The van der Waals surface area contributed by atoms with E-state index >= 15 is 0 Å². The highest BCUT2D eigenvalue weighted by Crippen LogP contribution is 2.27. The molecule has 1 aromatic carbocycles. The molecule has 0 amide bonds. The third-order valence-electron chi connectivity index (χ3n) is 3.72. The van der Waals surface area contributed by atoms with Crippen molar-refractivity contribution in [3.8, 4) is 5.75 Å². The monoisotopic (exact) mass is 279 g/mol. The van der Waals surface area contributed by atoms with Crippen molar-refractivity contribution in [3.05, 3.63) is 29.3 Å². The van der Waals surface area contributed by atoms with E-state index in [1.54, 1.807) is 14.2 Å². The normalized spacial score (nSPS) is 13.3. The second-order valence-electron chi connectivity index (χ2n) is 6.26. The molecular weight excluding hydrogens is 250 g/mol. The van der Waals surface area contributed by atoms with Gasteiger partial charge in [0.15, 0.2) is 0 Å². The average molecular weight is 279 g/mol. The molecular formula is C17H29NO2. The van der Waals surface area contributed by atoms with E-state index in [1.165, 1.54) is 11.1 Å². The van der Waals surface area contributed by atoms with E-state index in [4.69, 9.17) is 9.47 Å². The van der Waals surface area contributed by atoms with Crippen molar-refractivity contribution in [2.24, 2.45) is 5.41 Å². The van der Waals surface area contributed by atoms with Gasteiger partial charge >= 0.3 is 0 Å². The molecule has 0 aliphatic carbocycles. The van der Waals surface area contributed by atoms with Gasteiger partial charge < -0.3 is 14.8 Å². The Balaban J connectivity index is 2.67. The number of aryl methyl sites for hydroxylation is 1. The Labute approximate surface area is 123 Å². The molecule has 0 bridgehead atoms. The Bertz CT molecular complexity index is 415. The van der Waals surface area contributed by atoms with Crippen molar-refractivity contribution in [2.45, 2.75) is 40.2 Å². The van der Waals surface area contributed by atoms with Crippen molar-refractivity contribution in [1.29, 1.82) is 0 Å². The third kappa shape index (κ3) is 5.14. The Kier molecular flexibility index (Phi) is 6.50. The summed E-state index contributed by atoms with van der Waals surface area (Å²) in [5.41, 5.74) is 2.70. The van der Waals surface area contributed by atoms with Crippen LogP contribution in [0, 0.1) is 12.3 Å². The largest absolute Gasteiger partial charge is 0.496 e. The molecule has 0 heterocycles. The number of benzene rings is 1. The lowest BCUT2D eigenvalue weighted by molar-refractivity contribution is 0.149. The molecule has 0 aliphatic heterocycles. The first-order valence-corrected chi connectivity index (χ1v) is 7.26. The molecule has 1 aromatic rings. The summed E-state index contributed by atoms with van der Waals surface area (Å²) in [5.74, 6) is 0.949. The fraction of sp³-hybridized carbons (Fsp3) is 0.647. The van der Waals surface area contributed by atoms with Crippen LogP contribution < -0.4 is 10.1 Å². The van der Waals surface area contributed by atoms with Crippen LogP contribution >= 0.6 is 0 Å². The van der Waals surface area contributed by atoms with E-state index in [2.05, 4.69) is 45.1 Å². The van der Waals surface area contributed by atoms with Gasteiger partial charge in [-0.25, -0.2) is 0 Å². The summed E-state index contributed by atoms with van der Waals surface area (Å²) >= 11 is 0. The molecule has 0 radical (unpaired) electrons. The molecule has 0 aromatic heterocycles. The van der Waals surface area contributed by atoms with Crippen LogP contribution in [-0.2, 0) is 4.74 Å². The summed E-state index contributed by atoms with van der Waals surface area (Å²) in [6, 6.07) is 6.58. The second kappa shape index (κ2) is 7.65. The second-order valence-corrected chi connectivity index (χ2v) is 6.26. The molecule has 0 saturated heterocycles. The minimum atomic E-state index is 0.224. The first-order valence-electron chi connectivity index (χ1n) is 7.26. The first-order chi connectivity index (χ1) is 9.39. The first kappa shape index (κ1) is 17.0. The molecule has 3 heteroatoms. The van der Waals surface area contributed by atoms with Crippen LogP contribution in [0.15, 0.2) is 18.2 Å². The van der Waals surface area contributed by atoms with Gasteiger partial charge in [-0.05, 0) is 31.7 Å². The van der Waals surface area contributed by atoms with Gasteiger partial charge in [0.05, 0.1) is 7.11 Å². The fourth-order valence-electron chi connectivity index (χ4n) is 2.20. The van der Waals surface area contributed by atoms with Crippen molar-refractivity contribution < 1.29 is 9.47 Å². The van der Waals surface area contributed by atoms with E-state index < -0.39 is 0 Å². The third-order valence-corrected chi connectivity index (χ3v) is 3.72. The van der Waals surface area contributed by atoms with Crippen LogP contribution in [0.5, 0.6) is 5.75 Å². The standard InChI is InChI=1S/C17H29NO2/c1-13-7-8-16(20-6)15(11-13)14(2)18-12-17(3,4)9-10-19-5/h7-8,11,14,18H,9-10,12H2,1-6H3. The number of methoxy groups -OCH3 is 2. The molecule has 1 atom stereocenters. The maximum Gasteiger partial charge on any atom is 0.123 e. The van der Waals surface area contributed by atoms with E-state index in [1.807, 2.05) is 6.07 Å². The highest BCUT2D eigenvalue weighted by Gasteiger charge is 2.19. The van der Waals surface area contributed by atoms with Crippen molar-refractivity contribution in [2.75, 3.05) is 27.4 Å². The molecule has 1 N–H and O–H groups in total. The lowest BCUT2D eigenvalue weighted by Crippen LogP contribution is -2.32. The lowest BCUT2D eigenvalue weighted by Gasteiger charge is -2.27. The minimum absolute atomic E-state index is 0.224. The van der Waals surface area contributed by atoms with E-state index in [-0.39, 0.29) is 11.5 Å². The summed E-state index contributed by atoms with van der Waals surface area (Å²) in [4.78, 5) is 0. The Morgan fingerprint density at radius 3 is 2.55 bits per heavy atom. The number of nitrogens with one attached hydrogen (secondary N) is 1. The summed E-state index contributed by atoms with van der Waals surface area (Å²) in [6.45, 7) is 10.6. The number of hydrogen-bond acceptors (Lipinski definition) is 3. The molecule has 3 nitrogen and oxygen atoms in total. The number of rotatable bonds is 8. The van der Waals surface area contributed by atoms with Gasteiger partial charge in [-0.15, -0.1) is 0 Å². The maximum atomic E-state index is 5.46. The zero-order valence-electron chi connectivity index (χ0n) is 13.7. The van der Waals surface area contributed by atoms with Crippen LogP contribution in [0.3, 0.4) is 0 Å². The maximum absolute atomic E-state index is 5.46. The molecule has 0 saturated carbocycles. The molecule has 1 rings (SSSR count). The van der Waals surface area contributed by atoms with Crippen molar-refractivity contribution in [3.63, 3.8) is 0 Å². The topological polar surface area (TPSA) is 30.5 Å². The van der Waals surface area contributed by atoms with Gasteiger partial charge in [-0.3, -0.25) is 0 Å². The van der Waals surface area contributed by atoms with Crippen LogP contribution in [0.25, 0.3) is 0 Å². The van der Waals surface area contributed by atoms with Crippen molar-refractivity contribution >= 4 is 0 Å². The molecule has 0 aliphatic rings. The van der Waals surface area contributed by atoms with Crippen molar-refractivity contribution in [1.82, 2.24) is 5.32 Å². The van der Waals surface area contributed by atoms with Gasteiger partial charge in [-0.2, -0.15) is 0 Å². The van der Waals surface area contributed by atoms with Crippen LogP contribution in [-0.4, -0.2) is 27.4 Å². The quantitative estimate of drug-likeness (QED) is 0.787. The Morgan fingerprint density at radius 1 is 1.25 bits per heavy atom. The average Bonchev–Trinajstić information content (AvgIpc) is 2.42. The molecule has 20 heavy (non-hydrogen) atoms. The van der Waals surface area contributed by atoms with Gasteiger partial charge in [0, 0.05) is 31.9 Å². The highest BCUT2D eigenvalue weighted by atomic mass is 16.5. The number of ether oxygens (including phenoxy) is 2. The number of hydrogen-bond donors (Lipinski definition) is 1. The SMILES string of the molecule is COCCC(C)(C)CNC(C)c1cc(C)ccc1OC.